The minimum Gasteiger partial charge on any atom is -0.348 e. The molecule has 0 aliphatic heterocycles. The summed E-state index contributed by atoms with van der Waals surface area (Å²) >= 11 is 5.84. The molecule has 0 radical (unpaired) electrons. The van der Waals surface area contributed by atoms with Gasteiger partial charge < -0.3 is 5.32 Å². The molecular formula is C16H16ClFN2O3S. The Labute approximate surface area is 144 Å². The monoisotopic (exact) mass is 370 g/mol. The van der Waals surface area contributed by atoms with Gasteiger partial charge in [0.25, 0.3) is 5.91 Å². The van der Waals surface area contributed by atoms with Crippen molar-refractivity contribution in [2.24, 2.45) is 0 Å². The van der Waals surface area contributed by atoms with Crippen molar-refractivity contribution in [3.8, 4) is 0 Å². The van der Waals surface area contributed by atoms with Gasteiger partial charge in [-0.25, -0.2) is 17.5 Å². The van der Waals surface area contributed by atoms with Crippen LogP contribution in [0.1, 0.15) is 21.5 Å². The number of halogens is 2. The van der Waals surface area contributed by atoms with E-state index in [1.54, 1.807) is 24.3 Å². The van der Waals surface area contributed by atoms with E-state index in [1.807, 2.05) is 0 Å². The lowest BCUT2D eigenvalue weighted by atomic mass is 10.1. The summed E-state index contributed by atoms with van der Waals surface area (Å²) in [7, 11) is -1.96. The van der Waals surface area contributed by atoms with Gasteiger partial charge in [-0.2, -0.15) is 0 Å². The zero-order chi connectivity index (χ0) is 17.7. The first-order valence-corrected chi connectivity index (χ1v) is 9.06. The van der Waals surface area contributed by atoms with Gasteiger partial charge >= 0.3 is 0 Å². The lowest BCUT2D eigenvalue weighted by Crippen LogP contribution is -2.23. The highest BCUT2D eigenvalue weighted by molar-refractivity contribution is 7.88. The van der Waals surface area contributed by atoms with Crippen molar-refractivity contribution in [3.63, 3.8) is 0 Å². The Morgan fingerprint density at radius 1 is 1.12 bits per heavy atom. The van der Waals surface area contributed by atoms with E-state index in [-0.39, 0.29) is 22.9 Å². The second kappa shape index (κ2) is 7.74. The van der Waals surface area contributed by atoms with Crippen molar-refractivity contribution in [2.75, 3.05) is 7.05 Å². The largest absolute Gasteiger partial charge is 0.348 e. The van der Waals surface area contributed by atoms with E-state index in [2.05, 4.69) is 10.0 Å². The summed E-state index contributed by atoms with van der Waals surface area (Å²) < 4.78 is 38.2. The van der Waals surface area contributed by atoms with E-state index in [4.69, 9.17) is 11.6 Å². The maximum Gasteiger partial charge on any atom is 0.253 e. The van der Waals surface area contributed by atoms with Crippen LogP contribution in [0, 0.1) is 5.82 Å². The fourth-order valence-electron chi connectivity index (χ4n) is 2.00. The molecule has 2 rings (SSSR count). The van der Waals surface area contributed by atoms with Crippen LogP contribution in [0.2, 0.25) is 5.02 Å². The standard InChI is InChI=1S/C16H16ClFN2O3S/c1-19-24(22,23)10-12-4-2-11(3-5-12)9-20-16(21)14-7-6-13(18)8-15(14)17/h2-8,19H,9-10H2,1H3,(H,20,21). The second-order valence-corrected chi connectivity index (χ2v) is 7.42. The van der Waals surface area contributed by atoms with Crippen molar-refractivity contribution in [2.45, 2.75) is 12.3 Å². The number of hydrogen-bond donors (Lipinski definition) is 2. The fourth-order valence-corrected chi connectivity index (χ4v) is 3.02. The van der Waals surface area contributed by atoms with Crippen LogP contribution in [0.25, 0.3) is 0 Å². The summed E-state index contributed by atoms with van der Waals surface area (Å²) in [6.07, 6.45) is 0. The molecule has 2 N–H and O–H groups in total. The van der Waals surface area contributed by atoms with Crippen molar-refractivity contribution in [1.82, 2.24) is 10.0 Å². The lowest BCUT2D eigenvalue weighted by molar-refractivity contribution is 0.0951. The number of benzene rings is 2. The van der Waals surface area contributed by atoms with Gasteiger partial charge in [0.05, 0.1) is 16.3 Å². The van der Waals surface area contributed by atoms with Crippen LogP contribution in [0.15, 0.2) is 42.5 Å². The Bertz CT molecular complexity index is 839. The highest BCUT2D eigenvalue weighted by Gasteiger charge is 2.11. The zero-order valence-corrected chi connectivity index (χ0v) is 14.4. The second-order valence-electron chi connectivity index (χ2n) is 5.09. The lowest BCUT2D eigenvalue weighted by Gasteiger charge is -2.08. The molecule has 5 nitrogen and oxygen atoms in total. The molecule has 2 aromatic rings. The van der Waals surface area contributed by atoms with Gasteiger partial charge in [0.15, 0.2) is 0 Å². The van der Waals surface area contributed by atoms with Gasteiger partial charge in [-0.05, 0) is 36.4 Å². The summed E-state index contributed by atoms with van der Waals surface area (Å²) in [4.78, 5) is 12.0. The van der Waals surface area contributed by atoms with E-state index < -0.39 is 21.7 Å². The van der Waals surface area contributed by atoms with Gasteiger partial charge in [-0.1, -0.05) is 35.9 Å². The van der Waals surface area contributed by atoms with Crippen LogP contribution in [0.5, 0.6) is 0 Å². The minimum absolute atomic E-state index is 0.0418. The van der Waals surface area contributed by atoms with Gasteiger partial charge in [0.2, 0.25) is 10.0 Å². The normalized spacial score (nSPS) is 11.3. The summed E-state index contributed by atoms with van der Waals surface area (Å²) in [6.45, 7) is 0.242. The molecule has 0 saturated carbocycles. The molecule has 0 unspecified atom stereocenters. The Hall–Kier alpha value is -1.96. The Balaban J connectivity index is 1.98. The molecule has 24 heavy (non-hydrogen) atoms. The van der Waals surface area contributed by atoms with E-state index in [9.17, 15) is 17.6 Å². The van der Waals surface area contributed by atoms with E-state index >= 15 is 0 Å². The van der Waals surface area contributed by atoms with Crippen molar-refractivity contribution in [1.29, 1.82) is 0 Å². The molecular weight excluding hydrogens is 355 g/mol. The highest BCUT2D eigenvalue weighted by Crippen LogP contribution is 2.17. The predicted octanol–water partition coefficient (Wildman–Crippen LogP) is 2.46. The molecule has 0 saturated heterocycles. The smallest absolute Gasteiger partial charge is 0.253 e. The first-order valence-electron chi connectivity index (χ1n) is 7.03. The van der Waals surface area contributed by atoms with Crippen molar-refractivity contribution >= 4 is 27.5 Å². The molecule has 0 bridgehead atoms. The highest BCUT2D eigenvalue weighted by atomic mass is 35.5. The van der Waals surface area contributed by atoms with Crippen LogP contribution in [-0.2, 0) is 22.3 Å². The molecule has 0 atom stereocenters. The van der Waals surface area contributed by atoms with Crippen LogP contribution >= 0.6 is 11.6 Å². The fraction of sp³-hybridized carbons (Fsp3) is 0.188. The topological polar surface area (TPSA) is 75.3 Å². The Morgan fingerprint density at radius 2 is 1.75 bits per heavy atom. The number of rotatable bonds is 6. The van der Waals surface area contributed by atoms with Gasteiger partial charge in [-0.3, -0.25) is 4.79 Å². The third kappa shape index (κ3) is 5.02. The third-order valence-corrected chi connectivity index (χ3v) is 4.97. The van der Waals surface area contributed by atoms with E-state index in [0.29, 0.717) is 5.56 Å². The summed E-state index contributed by atoms with van der Waals surface area (Å²) in [5, 5.41) is 2.72. The average Bonchev–Trinajstić information content (AvgIpc) is 2.53. The molecule has 1 amide bonds. The number of amides is 1. The molecule has 0 aliphatic rings. The molecule has 2 aromatic carbocycles. The number of carbonyl (C=O) groups is 1. The SMILES string of the molecule is CNS(=O)(=O)Cc1ccc(CNC(=O)c2ccc(F)cc2Cl)cc1. The summed E-state index contributed by atoms with van der Waals surface area (Å²) in [5.41, 5.74) is 1.63. The minimum atomic E-state index is -3.32. The van der Waals surface area contributed by atoms with Crippen LogP contribution in [-0.4, -0.2) is 21.4 Å². The summed E-state index contributed by atoms with van der Waals surface area (Å²) in [6, 6.07) is 10.4. The van der Waals surface area contributed by atoms with Crippen LogP contribution in [0.3, 0.4) is 0 Å². The number of carbonyl (C=O) groups excluding carboxylic acids is 1. The Morgan fingerprint density at radius 3 is 2.33 bits per heavy atom. The van der Waals surface area contributed by atoms with Gasteiger partial charge in [0, 0.05) is 6.54 Å². The molecule has 0 spiro atoms. The van der Waals surface area contributed by atoms with E-state index in [0.717, 1.165) is 17.7 Å². The Kier molecular flexibility index (Phi) is 5.93. The first kappa shape index (κ1) is 18.4. The van der Waals surface area contributed by atoms with Crippen LogP contribution in [0.4, 0.5) is 4.39 Å². The number of hydrogen-bond acceptors (Lipinski definition) is 3. The molecule has 0 aromatic heterocycles. The molecule has 0 heterocycles. The van der Waals surface area contributed by atoms with Crippen molar-refractivity contribution < 1.29 is 17.6 Å². The van der Waals surface area contributed by atoms with E-state index in [1.165, 1.54) is 13.1 Å². The zero-order valence-electron chi connectivity index (χ0n) is 12.8. The maximum atomic E-state index is 13.0. The quantitative estimate of drug-likeness (QED) is 0.820. The maximum absolute atomic E-state index is 13.0. The van der Waals surface area contributed by atoms with Crippen molar-refractivity contribution in [3.05, 3.63) is 70.0 Å². The molecule has 128 valence electrons. The summed E-state index contributed by atoms with van der Waals surface area (Å²) in [5.74, 6) is -1.04. The van der Waals surface area contributed by atoms with Crippen LogP contribution < -0.4 is 10.0 Å². The molecule has 8 heteroatoms. The third-order valence-electron chi connectivity index (χ3n) is 3.32. The average molecular weight is 371 g/mol. The van der Waals surface area contributed by atoms with Gasteiger partial charge in [0.1, 0.15) is 5.82 Å². The molecule has 0 aliphatic carbocycles. The molecule has 0 fully saturated rings. The van der Waals surface area contributed by atoms with Gasteiger partial charge in [-0.15, -0.1) is 0 Å². The number of nitrogens with one attached hydrogen (secondary N) is 2. The predicted molar refractivity (Wildman–Crippen MR) is 90.7 cm³/mol. The number of sulfonamides is 1. The first-order chi connectivity index (χ1) is 11.3.